The van der Waals surface area contributed by atoms with E-state index < -0.39 is 12.2 Å². The van der Waals surface area contributed by atoms with Gasteiger partial charge in [-0.1, -0.05) is 20.8 Å². The molecule has 0 unspecified atom stereocenters. The lowest BCUT2D eigenvalue weighted by Gasteiger charge is -2.24. The van der Waals surface area contributed by atoms with Crippen LogP contribution >= 0.6 is 0 Å². The molecule has 0 amide bonds. The van der Waals surface area contributed by atoms with E-state index in [2.05, 4.69) is 0 Å². The van der Waals surface area contributed by atoms with Gasteiger partial charge >= 0.3 is 6.18 Å². The molecule has 0 radical (unpaired) electrons. The first kappa shape index (κ1) is 10.8. The Hall–Kier alpha value is -0.250. The Morgan fingerprint density at radius 2 is 1.55 bits per heavy atom. The highest BCUT2D eigenvalue weighted by Crippen LogP contribution is 2.28. The minimum absolute atomic E-state index is 0.0312. The highest BCUT2D eigenvalue weighted by atomic mass is 19.4. The molecule has 0 aliphatic carbocycles. The lowest BCUT2D eigenvalue weighted by molar-refractivity contribution is -0.153. The summed E-state index contributed by atoms with van der Waals surface area (Å²) in [5.74, 6) is 0. The zero-order valence-electron chi connectivity index (χ0n) is 7.00. The van der Waals surface area contributed by atoms with Crippen LogP contribution < -0.4 is 5.73 Å². The molecule has 0 saturated heterocycles. The Morgan fingerprint density at radius 1 is 1.18 bits per heavy atom. The normalized spacial score (nSPS) is 16.6. The van der Waals surface area contributed by atoms with Crippen molar-refractivity contribution in [3.8, 4) is 0 Å². The van der Waals surface area contributed by atoms with Crippen LogP contribution in [0.25, 0.3) is 0 Å². The van der Waals surface area contributed by atoms with Crippen molar-refractivity contribution >= 4 is 0 Å². The van der Waals surface area contributed by atoms with Gasteiger partial charge in [0.1, 0.15) is 6.04 Å². The molecule has 0 fully saturated rings. The minimum atomic E-state index is -4.26. The maximum absolute atomic E-state index is 11.9. The van der Waals surface area contributed by atoms with Gasteiger partial charge in [0, 0.05) is 0 Å². The predicted molar refractivity (Wildman–Crippen MR) is 38.1 cm³/mol. The molecule has 0 aliphatic rings. The van der Waals surface area contributed by atoms with E-state index in [0.717, 1.165) is 0 Å². The fraction of sp³-hybridized carbons (Fsp3) is 1.00. The summed E-state index contributed by atoms with van der Waals surface area (Å²) in [6.45, 7) is 5.20. The van der Waals surface area contributed by atoms with Crippen LogP contribution in [0.1, 0.15) is 27.2 Å². The van der Waals surface area contributed by atoms with Gasteiger partial charge in [-0.25, -0.2) is 0 Å². The van der Waals surface area contributed by atoms with Crippen LogP contribution in [0.15, 0.2) is 0 Å². The number of nitrogens with two attached hydrogens (primary N) is 1. The number of halogens is 3. The molecule has 0 aromatic heterocycles. The van der Waals surface area contributed by atoms with Crippen molar-refractivity contribution in [3.05, 3.63) is 0 Å². The number of rotatable bonds is 1. The second-order valence-corrected chi connectivity index (χ2v) is 3.91. The van der Waals surface area contributed by atoms with Gasteiger partial charge in [0.15, 0.2) is 0 Å². The quantitative estimate of drug-likeness (QED) is 0.640. The van der Waals surface area contributed by atoms with Gasteiger partial charge in [0.25, 0.3) is 0 Å². The molecule has 2 N–H and O–H groups in total. The molecule has 0 rings (SSSR count). The van der Waals surface area contributed by atoms with Crippen LogP contribution in [-0.4, -0.2) is 12.2 Å². The fourth-order valence-corrected chi connectivity index (χ4v) is 0.775. The highest BCUT2D eigenvalue weighted by molar-refractivity contribution is 4.76. The van der Waals surface area contributed by atoms with Crippen LogP contribution in [0, 0.1) is 5.41 Å². The standard InChI is InChI=1S/C7H14F3N/c1-6(2,3)4-5(11)7(8,9)10/h5H,4,11H2,1-3H3/t5-/m0/s1. The predicted octanol–water partition coefficient (Wildman–Crippen LogP) is 2.31. The van der Waals surface area contributed by atoms with Gasteiger partial charge in [-0.2, -0.15) is 13.2 Å². The van der Waals surface area contributed by atoms with Crippen molar-refractivity contribution in [1.82, 2.24) is 0 Å². The molecule has 4 heteroatoms. The molecule has 11 heavy (non-hydrogen) atoms. The zero-order chi connectivity index (χ0) is 9.28. The third-order valence-corrected chi connectivity index (χ3v) is 1.25. The third kappa shape index (κ3) is 5.07. The van der Waals surface area contributed by atoms with Gasteiger partial charge in [-0.3, -0.25) is 0 Å². The second-order valence-electron chi connectivity index (χ2n) is 3.91. The van der Waals surface area contributed by atoms with Crippen LogP contribution in [0.2, 0.25) is 0 Å². The first-order chi connectivity index (χ1) is 4.63. The van der Waals surface area contributed by atoms with Gasteiger partial charge in [0.2, 0.25) is 0 Å². The fourth-order valence-electron chi connectivity index (χ4n) is 0.775. The van der Waals surface area contributed by atoms with Crippen LogP contribution in [0.3, 0.4) is 0 Å². The second kappa shape index (κ2) is 3.01. The third-order valence-electron chi connectivity index (χ3n) is 1.25. The van der Waals surface area contributed by atoms with Crippen LogP contribution in [-0.2, 0) is 0 Å². The minimum Gasteiger partial charge on any atom is -0.320 e. The van der Waals surface area contributed by atoms with Gasteiger partial charge in [-0.15, -0.1) is 0 Å². The Bertz CT molecular complexity index is 123. The Balaban J connectivity index is 3.99. The Morgan fingerprint density at radius 3 is 1.64 bits per heavy atom. The molecule has 0 heterocycles. The summed E-state index contributed by atoms with van der Waals surface area (Å²) in [6.07, 6.45) is -4.29. The molecule has 0 aliphatic heterocycles. The van der Waals surface area contributed by atoms with Crippen molar-refractivity contribution in [2.45, 2.75) is 39.4 Å². The summed E-state index contributed by atoms with van der Waals surface area (Å²) >= 11 is 0. The Labute approximate surface area is 64.8 Å². The van der Waals surface area contributed by atoms with Crippen molar-refractivity contribution in [2.75, 3.05) is 0 Å². The van der Waals surface area contributed by atoms with E-state index in [1.807, 2.05) is 0 Å². The smallest absolute Gasteiger partial charge is 0.320 e. The van der Waals surface area contributed by atoms with E-state index in [1.54, 1.807) is 20.8 Å². The first-order valence-corrected chi connectivity index (χ1v) is 3.45. The summed E-state index contributed by atoms with van der Waals surface area (Å²) in [4.78, 5) is 0. The van der Waals surface area contributed by atoms with Crippen molar-refractivity contribution in [1.29, 1.82) is 0 Å². The Kier molecular flexibility index (Phi) is 2.94. The van der Waals surface area contributed by atoms with Gasteiger partial charge in [0.05, 0.1) is 0 Å². The zero-order valence-corrected chi connectivity index (χ0v) is 7.00. The molecule has 0 aromatic rings. The summed E-state index contributed by atoms with van der Waals surface area (Å²) in [7, 11) is 0. The van der Waals surface area contributed by atoms with E-state index in [0.29, 0.717) is 0 Å². The van der Waals surface area contributed by atoms with Crippen molar-refractivity contribution in [2.24, 2.45) is 11.1 Å². The number of hydrogen-bond donors (Lipinski definition) is 1. The summed E-state index contributed by atoms with van der Waals surface area (Å²) in [5, 5.41) is 0. The van der Waals surface area contributed by atoms with Crippen molar-refractivity contribution < 1.29 is 13.2 Å². The molecular weight excluding hydrogens is 155 g/mol. The average molecular weight is 169 g/mol. The molecule has 0 saturated carbocycles. The molecule has 1 nitrogen and oxygen atoms in total. The molecule has 1 atom stereocenters. The van der Waals surface area contributed by atoms with Crippen molar-refractivity contribution in [3.63, 3.8) is 0 Å². The lowest BCUT2D eigenvalue weighted by Crippen LogP contribution is -2.40. The van der Waals surface area contributed by atoms with Crippen LogP contribution in [0.4, 0.5) is 13.2 Å². The maximum atomic E-state index is 11.9. The van der Waals surface area contributed by atoms with E-state index in [9.17, 15) is 13.2 Å². The highest BCUT2D eigenvalue weighted by Gasteiger charge is 2.38. The largest absolute Gasteiger partial charge is 0.403 e. The topological polar surface area (TPSA) is 26.0 Å². The van der Waals surface area contributed by atoms with E-state index >= 15 is 0 Å². The van der Waals surface area contributed by atoms with Gasteiger partial charge in [-0.05, 0) is 11.8 Å². The molecule has 0 aromatic carbocycles. The summed E-state index contributed by atoms with van der Waals surface area (Å²) < 4.78 is 35.6. The van der Waals surface area contributed by atoms with E-state index in [-0.39, 0.29) is 11.8 Å². The molecule has 0 bridgehead atoms. The molecule has 0 spiro atoms. The van der Waals surface area contributed by atoms with E-state index in [4.69, 9.17) is 5.73 Å². The lowest BCUT2D eigenvalue weighted by atomic mass is 9.88. The summed E-state index contributed by atoms with van der Waals surface area (Å²) in [6, 6.07) is -1.69. The molecular formula is C7H14F3N. The SMILES string of the molecule is CC(C)(C)C[C@H](N)C(F)(F)F. The average Bonchev–Trinajstić information content (AvgIpc) is 1.56. The number of alkyl halides is 3. The monoisotopic (exact) mass is 169 g/mol. The first-order valence-electron chi connectivity index (χ1n) is 3.45. The van der Waals surface area contributed by atoms with Crippen LogP contribution in [0.5, 0.6) is 0 Å². The summed E-state index contributed by atoms with van der Waals surface area (Å²) in [5.41, 5.74) is 4.55. The molecule has 68 valence electrons. The number of hydrogen-bond acceptors (Lipinski definition) is 1. The maximum Gasteiger partial charge on any atom is 0.403 e. The van der Waals surface area contributed by atoms with E-state index in [1.165, 1.54) is 0 Å². The van der Waals surface area contributed by atoms with Gasteiger partial charge < -0.3 is 5.73 Å².